The van der Waals surface area contributed by atoms with Crippen molar-refractivity contribution in [2.45, 2.75) is 0 Å². The zero-order valence-electron chi connectivity index (χ0n) is 3.37. The van der Waals surface area contributed by atoms with Gasteiger partial charge in [-0.05, 0) is 0 Å². The quantitative estimate of drug-likeness (QED) is 0.271. The van der Waals surface area contributed by atoms with E-state index in [1.807, 2.05) is 0 Å². The fourth-order valence-electron chi connectivity index (χ4n) is 0. The van der Waals surface area contributed by atoms with Crippen LogP contribution in [0.25, 0.3) is 0 Å². The first-order valence-corrected chi connectivity index (χ1v) is 2.52. The van der Waals surface area contributed by atoms with Crippen LogP contribution < -0.4 is 5.73 Å². The van der Waals surface area contributed by atoms with Crippen LogP contribution in [0.15, 0.2) is 0 Å². The highest BCUT2D eigenvalue weighted by atomic mass is 31.1. The summed E-state index contributed by atoms with van der Waals surface area (Å²) in [7, 11) is -3.13. The fourth-order valence-corrected chi connectivity index (χ4v) is 0. The Morgan fingerprint density at radius 3 is 1.57 bits per heavy atom. The van der Waals surface area contributed by atoms with Gasteiger partial charge in [0.1, 0.15) is 0 Å². The van der Waals surface area contributed by atoms with E-state index in [2.05, 4.69) is 5.73 Å². The van der Waals surface area contributed by atoms with Crippen molar-refractivity contribution < 1.29 is 19.1 Å². The molecule has 0 aromatic rings. The molecule has 0 fully saturated rings. The molecule has 0 spiro atoms. The Hall–Kier alpha value is -0.380. The number of hydrogen-bond donors (Lipinski definition) is 3. The van der Waals surface area contributed by atoms with Crippen molar-refractivity contribution >= 4 is 14.7 Å². The minimum absolute atomic E-state index is 0.250. The number of amides is 1. The van der Waals surface area contributed by atoms with E-state index in [0.717, 1.165) is 0 Å². The van der Waals surface area contributed by atoms with Gasteiger partial charge in [0.25, 0.3) is 0 Å². The summed E-state index contributed by atoms with van der Waals surface area (Å²) in [5, 5.41) is 0. The molecule has 5 nitrogen and oxygen atoms in total. The van der Waals surface area contributed by atoms with E-state index in [4.69, 9.17) is 19.1 Å². The summed E-state index contributed by atoms with van der Waals surface area (Å²) in [5.74, 6) is 0. The number of primary amides is 1. The lowest BCUT2D eigenvalue weighted by Gasteiger charge is -1.61. The molecule has 0 aliphatic heterocycles. The van der Waals surface area contributed by atoms with Gasteiger partial charge in [-0.1, -0.05) is 0 Å². The van der Waals surface area contributed by atoms with Crippen molar-refractivity contribution in [3.8, 4) is 0 Å². The topological polar surface area (TPSA) is 101 Å². The second-order valence-electron chi connectivity index (χ2n) is 0.419. The van der Waals surface area contributed by atoms with Crippen molar-refractivity contribution in [2.24, 2.45) is 5.73 Å². The van der Waals surface area contributed by atoms with Crippen LogP contribution in [0.5, 0.6) is 0 Å². The first-order valence-electron chi connectivity index (χ1n) is 1.22. The third kappa shape index (κ3) is 510. The first-order chi connectivity index (χ1) is 3.15. The molecule has 0 atom stereocenters. The molecule has 0 aromatic carbocycles. The van der Waals surface area contributed by atoms with Gasteiger partial charge < -0.3 is 15.5 Å². The number of carbonyl (C=O) groups is 1. The molecule has 0 unspecified atom stereocenters. The summed E-state index contributed by atoms with van der Waals surface area (Å²) in [6.07, 6.45) is 0.250. The van der Waals surface area contributed by atoms with E-state index in [9.17, 15) is 0 Å². The van der Waals surface area contributed by atoms with Crippen LogP contribution in [0.1, 0.15) is 0 Å². The summed E-state index contributed by atoms with van der Waals surface area (Å²) in [5.41, 5.74) is 4.17. The molecule has 0 aliphatic rings. The highest BCUT2D eigenvalue weighted by Gasteiger charge is 1.61. The van der Waals surface area contributed by atoms with Crippen LogP contribution in [0.3, 0.4) is 0 Å². The van der Waals surface area contributed by atoms with Crippen LogP contribution in [0, 0.1) is 0 Å². The highest BCUT2D eigenvalue weighted by molar-refractivity contribution is 7.30. The minimum Gasteiger partial charge on any atom is -0.372 e. The maximum atomic E-state index is 8.74. The van der Waals surface area contributed by atoms with E-state index in [1.54, 1.807) is 0 Å². The summed E-state index contributed by atoms with van der Waals surface area (Å²) in [6, 6.07) is 0. The Bertz CT molecular complexity index is 58.7. The molecule has 0 aliphatic carbocycles. The molecular formula is CH6NO4P. The molecule has 4 N–H and O–H groups in total. The smallest absolute Gasteiger partial charge is 0.314 e. The van der Waals surface area contributed by atoms with Gasteiger partial charge in [0.05, 0.1) is 0 Å². The average molecular weight is 127 g/mol. The highest BCUT2D eigenvalue weighted by Crippen LogP contribution is 1.98. The monoisotopic (exact) mass is 127 g/mol. The summed E-state index contributed by atoms with van der Waals surface area (Å²) in [6.45, 7) is 0. The largest absolute Gasteiger partial charge is 0.372 e. The molecule has 0 heterocycles. The average Bonchev–Trinajstić information content (AvgIpc) is 1.33. The van der Waals surface area contributed by atoms with Crippen molar-refractivity contribution in [1.29, 1.82) is 0 Å². The lowest BCUT2D eigenvalue weighted by molar-refractivity contribution is -0.106. The normalized spacial score (nSPS) is 6.71. The lowest BCUT2D eigenvalue weighted by Crippen LogP contribution is -1.82. The Labute approximate surface area is 40.7 Å². The zero-order chi connectivity index (χ0) is 6.28. The number of carbonyl (C=O) groups excluding carboxylic acids is 1. The molecule has 0 rings (SSSR count). The number of nitrogens with two attached hydrogens (primary N) is 1. The van der Waals surface area contributed by atoms with Crippen molar-refractivity contribution in [3.05, 3.63) is 0 Å². The molecule has 0 bridgehead atoms. The van der Waals surface area contributed by atoms with Gasteiger partial charge in [-0.15, -0.1) is 0 Å². The van der Waals surface area contributed by atoms with Crippen LogP contribution in [-0.4, -0.2) is 16.2 Å². The maximum absolute atomic E-state index is 8.74. The Kier molecular flexibility index (Phi) is 12.8. The van der Waals surface area contributed by atoms with E-state index in [0.29, 0.717) is 0 Å². The van der Waals surface area contributed by atoms with Gasteiger partial charge in [-0.3, -0.25) is 9.36 Å². The Morgan fingerprint density at radius 1 is 1.57 bits per heavy atom. The third-order valence-corrected chi connectivity index (χ3v) is 0. The maximum Gasteiger partial charge on any atom is 0.314 e. The van der Waals surface area contributed by atoms with Crippen molar-refractivity contribution in [1.82, 2.24) is 0 Å². The number of hydrogen-bond acceptors (Lipinski definition) is 2. The molecule has 7 heavy (non-hydrogen) atoms. The van der Waals surface area contributed by atoms with E-state index >= 15 is 0 Å². The van der Waals surface area contributed by atoms with Crippen molar-refractivity contribution in [3.63, 3.8) is 0 Å². The summed E-state index contributed by atoms with van der Waals surface area (Å²) < 4.78 is 8.74. The van der Waals surface area contributed by atoms with Crippen LogP contribution in [0.4, 0.5) is 0 Å². The zero-order valence-corrected chi connectivity index (χ0v) is 4.37. The SMILES string of the molecule is NC=O.O=[PH](O)O. The van der Waals surface area contributed by atoms with Crippen LogP contribution in [-0.2, 0) is 9.36 Å². The number of rotatable bonds is 0. The predicted octanol–water partition coefficient (Wildman–Crippen LogP) is -1.54. The molecule has 0 aromatic heterocycles. The second-order valence-corrected chi connectivity index (χ2v) is 0.984. The van der Waals surface area contributed by atoms with Gasteiger partial charge >= 0.3 is 8.25 Å². The third-order valence-electron chi connectivity index (χ3n) is 0. The van der Waals surface area contributed by atoms with Crippen LogP contribution in [0.2, 0.25) is 0 Å². The standard InChI is InChI=1S/CH3NO.H3O3P/c2-1-3;1-4(2)3/h1H,(H2,2,3);4H,(H2,1,2,3). The van der Waals surface area contributed by atoms with Gasteiger partial charge in [-0.25, -0.2) is 0 Å². The van der Waals surface area contributed by atoms with Crippen molar-refractivity contribution in [2.75, 3.05) is 0 Å². The van der Waals surface area contributed by atoms with Gasteiger partial charge in [0, 0.05) is 0 Å². The first kappa shape index (κ1) is 9.80. The molecule has 0 saturated heterocycles. The Morgan fingerprint density at radius 2 is 1.57 bits per heavy atom. The predicted molar refractivity (Wildman–Crippen MR) is 23.7 cm³/mol. The molecule has 1 amide bonds. The molecule has 6 heteroatoms. The Balaban J connectivity index is 0. The van der Waals surface area contributed by atoms with E-state index in [1.165, 1.54) is 0 Å². The fraction of sp³-hybridized carbons (Fsp3) is 0. The summed E-state index contributed by atoms with van der Waals surface area (Å²) >= 11 is 0. The lowest BCUT2D eigenvalue weighted by atomic mass is 11.5. The molecular weight excluding hydrogens is 121 g/mol. The molecule has 0 radical (unpaired) electrons. The van der Waals surface area contributed by atoms with Crippen LogP contribution >= 0.6 is 8.25 Å². The molecule has 44 valence electrons. The summed E-state index contributed by atoms with van der Waals surface area (Å²) in [4.78, 5) is 22.9. The van der Waals surface area contributed by atoms with Gasteiger partial charge in [0.2, 0.25) is 6.41 Å². The molecule has 0 saturated carbocycles. The van der Waals surface area contributed by atoms with E-state index < -0.39 is 8.25 Å². The second kappa shape index (κ2) is 9.15. The van der Waals surface area contributed by atoms with Gasteiger partial charge in [0.15, 0.2) is 0 Å². The van der Waals surface area contributed by atoms with E-state index in [-0.39, 0.29) is 6.41 Å². The van der Waals surface area contributed by atoms with Gasteiger partial charge in [-0.2, -0.15) is 0 Å². The minimum atomic E-state index is -3.13.